The molecule has 0 saturated heterocycles. The summed E-state index contributed by atoms with van der Waals surface area (Å²) in [4.78, 5) is 2.45. The first-order valence-corrected chi connectivity index (χ1v) is 8.07. The lowest BCUT2D eigenvalue weighted by molar-refractivity contribution is 0.587. The van der Waals surface area contributed by atoms with E-state index in [4.69, 9.17) is 0 Å². The summed E-state index contributed by atoms with van der Waals surface area (Å²) in [5.41, 5.74) is 2.62. The predicted octanol–water partition coefficient (Wildman–Crippen LogP) is 4.57. The van der Waals surface area contributed by atoms with Gasteiger partial charge >= 0.3 is 0 Å². The van der Waals surface area contributed by atoms with Crippen molar-refractivity contribution in [3.63, 3.8) is 0 Å². The Hall–Kier alpha value is -0.540. The number of hydrogen-bond donors (Lipinski definition) is 1. The van der Waals surface area contributed by atoms with Crippen molar-refractivity contribution in [1.82, 2.24) is 5.32 Å². The fraction of sp³-hybridized carbons (Fsp3) is 0.625. The van der Waals surface area contributed by atoms with Gasteiger partial charge in [-0.15, -0.1) is 0 Å². The third kappa shape index (κ3) is 4.81. The second-order valence-corrected chi connectivity index (χ2v) is 6.21. The molecule has 19 heavy (non-hydrogen) atoms. The van der Waals surface area contributed by atoms with E-state index in [0.717, 1.165) is 13.1 Å². The molecule has 0 aromatic heterocycles. The van der Waals surface area contributed by atoms with Crippen LogP contribution in [0.15, 0.2) is 22.7 Å². The molecule has 108 valence electrons. The minimum atomic E-state index is 0.513. The largest absolute Gasteiger partial charge is 0.369 e. The van der Waals surface area contributed by atoms with Crippen molar-refractivity contribution in [2.24, 2.45) is 0 Å². The molecule has 0 bridgehead atoms. The van der Waals surface area contributed by atoms with Crippen molar-refractivity contribution in [2.45, 2.75) is 59.7 Å². The van der Waals surface area contributed by atoms with Crippen LogP contribution in [-0.4, -0.2) is 18.6 Å². The maximum absolute atomic E-state index is 3.70. The number of halogens is 1. The molecule has 1 aromatic rings. The molecule has 1 rings (SSSR count). The van der Waals surface area contributed by atoms with E-state index in [9.17, 15) is 0 Å². The van der Waals surface area contributed by atoms with Crippen LogP contribution in [0.5, 0.6) is 0 Å². The number of anilines is 1. The Kier molecular flexibility index (Phi) is 6.87. The quantitative estimate of drug-likeness (QED) is 0.789. The monoisotopic (exact) mass is 326 g/mol. The molecule has 0 fully saturated rings. The highest BCUT2D eigenvalue weighted by molar-refractivity contribution is 9.10. The average molecular weight is 327 g/mol. The Balaban J connectivity index is 2.85. The average Bonchev–Trinajstić information content (AvgIpc) is 2.38. The smallest absolute Gasteiger partial charge is 0.0380 e. The summed E-state index contributed by atoms with van der Waals surface area (Å²) in [5.74, 6) is 0. The van der Waals surface area contributed by atoms with Crippen LogP contribution in [0.4, 0.5) is 5.69 Å². The van der Waals surface area contributed by atoms with Gasteiger partial charge in [0.2, 0.25) is 0 Å². The summed E-state index contributed by atoms with van der Waals surface area (Å²) in [5, 5.41) is 3.46. The molecule has 1 unspecified atom stereocenters. The Morgan fingerprint density at radius 3 is 2.37 bits per heavy atom. The predicted molar refractivity (Wildman–Crippen MR) is 88.9 cm³/mol. The molecular weight excluding hydrogens is 300 g/mol. The molecule has 1 N–H and O–H groups in total. The van der Waals surface area contributed by atoms with Gasteiger partial charge in [-0.25, -0.2) is 0 Å². The first kappa shape index (κ1) is 16.5. The van der Waals surface area contributed by atoms with Crippen LogP contribution < -0.4 is 10.2 Å². The lowest BCUT2D eigenvalue weighted by Gasteiger charge is -2.30. The van der Waals surface area contributed by atoms with Crippen molar-refractivity contribution in [1.29, 1.82) is 0 Å². The van der Waals surface area contributed by atoms with Gasteiger partial charge in [0.15, 0.2) is 0 Å². The van der Waals surface area contributed by atoms with Crippen molar-refractivity contribution in [3.8, 4) is 0 Å². The summed E-state index contributed by atoms with van der Waals surface area (Å²) >= 11 is 3.70. The van der Waals surface area contributed by atoms with E-state index in [-0.39, 0.29) is 0 Å². The van der Waals surface area contributed by atoms with E-state index in [1.807, 2.05) is 0 Å². The molecule has 0 heterocycles. The van der Waals surface area contributed by atoms with Gasteiger partial charge in [0.1, 0.15) is 0 Å². The van der Waals surface area contributed by atoms with Gasteiger partial charge in [0.25, 0.3) is 0 Å². The molecule has 0 aliphatic carbocycles. The lowest BCUT2D eigenvalue weighted by atomic mass is 10.1. The van der Waals surface area contributed by atoms with Crippen LogP contribution in [0.1, 0.15) is 46.6 Å². The van der Waals surface area contributed by atoms with Crippen molar-refractivity contribution in [3.05, 3.63) is 28.2 Å². The Bertz CT molecular complexity index is 390. The van der Waals surface area contributed by atoms with Gasteiger partial charge in [0.05, 0.1) is 0 Å². The minimum absolute atomic E-state index is 0.513. The van der Waals surface area contributed by atoms with Crippen molar-refractivity contribution < 1.29 is 0 Å². The number of benzene rings is 1. The van der Waals surface area contributed by atoms with Crippen LogP contribution in [-0.2, 0) is 6.54 Å². The topological polar surface area (TPSA) is 15.3 Å². The molecule has 3 heteroatoms. The van der Waals surface area contributed by atoms with Crippen LogP contribution in [0.3, 0.4) is 0 Å². The number of hydrogen-bond acceptors (Lipinski definition) is 2. The van der Waals surface area contributed by atoms with Crippen LogP contribution in [0.2, 0.25) is 0 Å². The third-order valence-corrected chi connectivity index (χ3v) is 4.27. The van der Waals surface area contributed by atoms with E-state index in [1.165, 1.54) is 22.1 Å². The Labute approximate surface area is 126 Å². The van der Waals surface area contributed by atoms with Crippen molar-refractivity contribution in [2.75, 3.05) is 11.4 Å². The zero-order valence-corrected chi connectivity index (χ0v) is 14.4. The Morgan fingerprint density at radius 1 is 1.21 bits per heavy atom. The van der Waals surface area contributed by atoms with Crippen LogP contribution in [0.25, 0.3) is 0 Å². The molecular formula is C16H27BrN2. The van der Waals surface area contributed by atoms with Crippen LogP contribution in [0, 0.1) is 0 Å². The highest BCUT2D eigenvalue weighted by Gasteiger charge is 2.12. The highest BCUT2D eigenvalue weighted by Crippen LogP contribution is 2.26. The van der Waals surface area contributed by atoms with E-state index >= 15 is 0 Å². The zero-order valence-electron chi connectivity index (χ0n) is 12.8. The molecule has 2 nitrogen and oxygen atoms in total. The summed E-state index contributed by atoms with van der Waals surface area (Å²) in [6, 6.07) is 7.79. The van der Waals surface area contributed by atoms with E-state index in [1.54, 1.807) is 0 Å². The van der Waals surface area contributed by atoms with E-state index in [2.05, 4.69) is 79.0 Å². The minimum Gasteiger partial charge on any atom is -0.369 e. The molecule has 0 aliphatic heterocycles. The molecule has 1 atom stereocenters. The molecule has 1 aromatic carbocycles. The molecule has 0 aliphatic rings. The van der Waals surface area contributed by atoms with Crippen LogP contribution >= 0.6 is 15.9 Å². The van der Waals surface area contributed by atoms with Gasteiger partial charge in [-0.2, -0.15) is 0 Å². The number of rotatable bonds is 7. The van der Waals surface area contributed by atoms with Crippen molar-refractivity contribution >= 4 is 21.6 Å². The summed E-state index contributed by atoms with van der Waals surface area (Å²) in [7, 11) is 0. The second-order valence-electron chi connectivity index (χ2n) is 5.35. The third-order valence-electron chi connectivity index (χ3n) is 3.53. The molecule has 0 spiro atoms. The van der Waals surface area contributed by atoms with Gasteiger partial charge in [0, 0.05) is 35.3 Å². The Morgan fingerprint density at radius 2 is 1.89 bits per heavy atom. The molecule has 0 saturated carbocycles. The summed E-state index contributed by atoms with van der Waals surface area (Å²) in [6.45, 7) is 13.0. The number of nitrogens with one attached hydrogen (secondary N) is 1. The SMILES string of the molecule is CCC(C)N(CC)c1ccc(CNC(C)C)c(Br)c1. The maximum Gasteiger partial charge on any atom is 0.0380 e. The summed E-state index contributed by atoms with van der Waals surface area (Å²) < 4.78 is 1.19. The second kappa shape index (κ2) is 7.91. The summed E-state index contributed by atoms with van der Waals surface area (Å²) in [6.07, 6.45) is 1.17. The number of nitrogens with zero attached hydrogens (tertiary/aromatic N) is 1. The fourth-order valence-corrected chi connectivity index (χ4v) is 2.65. The molecule has 0 radical (unpaired) electrons. The van der Waals surface area contributed by atoms with Gasteiger partial charge in [-0.1, -0.05) is 42.8 Å². The zero-order chi connectivity index (χ0) is 14.4. The van der Waals surface area contributed by atoms with Gasteiger partial charge < -0.3 is 10.2 Å². The van der Waals surface area contributed by atoms with E-state index in [0.29, 0.717) is 12.1 Å². The maximum atomic E-state index is 3.70. The molecule has 0 amide bonds. The van der Waals surface area contributed by atoms with Gasteiger partial charge in [-0.05, 0) is 38.0 Å². The standard InChI is InChI=1S/C16H27BrN2/c1-6-13(5)19(7-2)15-9-8-14(16(17)10-15)11-18-12(3)4/h8-10,12-13,18H,6-7,11H2,1-5H3. The van der Waals surface area contributed by atoms with E-state index < -0.39 is 0 Å². The van der Waals surface area contributed by atoms with Gasteiger partial charge in [-0.3, -0.25) is 0 Å². The highest BCUT2D eigenvalue weighted by atomic mass is 79.9. The lowest BCUT2D eigenvalue weighted by Crippen LogP contribution is -2.32. The fourth-order valence-electron chi connectivity index (χ4n) is 2.14. The first-order valence-electron chi connectivity index (χ1n) is 7.28. The first-order chi connectivity index (χ1) is 8.99. The normalized spacial score (nSPS) is 12.8.